The Hall–Kier alpha value is -1.54. The van der Waals surface area contributed by atoms with Gasteiger partial charge in [0.05, 0.1) is 5.92 Å². The minimum atomic E-state index is 0.0282. The van der Waals surface area contributed by atoms with Crippen molar-refractivity contribution in [2.24, 2.45) is 5.92 Å². The maximum Gasteiger partial charge on any atom is 0.144 e. The average molecular weight is 270 g/mol. The Bertz CT molecular complexity index is 473. The van der Waals surface area contributed by atoms with Gasteiger partial charge in [-0.15, -0.1) is 0 Å². The van der Waals surface area contributed by atoms with Gasteiger partial charge in [0.15, 0.2) is 0 Å². The highest BCUT2D eigenvalue weighted by atomic mass is 32.2. The lowest BCUT2D eigenvalue weighted by atomic mass is 10.1. The predicted octanol–water partition coefficient (Wildman–Crippen LogP) is 4.13. The molecule has 98 valence electrons. The van der Waals surface area contributed by atoms with Crippen LogP contribution in [0.1, 0.15) is 12.0 Å². The van der Waals surface area contributed by atoms with Crippen molar-refractivity contribution in [3.05, 3.63) is 66.3 Å². The van der Waals surface area contributed by atoms with Gasteiger partial charge in [0.25, 0.3) is 0 Å². The molecule has 1 aliphatic carbocycles. The molecule has 1 aromatic rings. The second-order valence-corrected chi connectivity index (χ2v) is 5.55. The number of ketones is 1. The fourth-order valence-electron chi connectivity index (χ4n) is 1.89. The molecule has 0 bridgehead atoms. The lowest BCUT2D eigenvalue weighted by Gasteiger charge is -2.03. The van der Waals surface area contributed by atoms with Crippen LogP contribution in [0.25, 0.3) is 6.08 Å². The molecule has 0 unspecified atom stereocenters. The Morgan fingerprint density at radius 2 is 1.89 bits per heavy atom. The highest BCUT2D eigenvalue weighted by Gasteiger charge is 2.12. The molecular weight excluding hydrogens is 252 g/mol. The van der Waals surface area contributed by atoms with E-state index in [2.05, 4.69) is 24.3 Å². The largest absolute Gasteiger partial charge is 0.299 e. The molecule has 0 aromatic heterocycles. The van der Waals surface area contributed by atoms with Crippen LogP contribution in [0, 0.1) is 5.92 Å². The number of Topliss-reactive ketones (excluding diaryl/α,β-unsaturated/α-hetero) is 1. The number of carbonyl (C=O) groups is 1. The van der Waals surface area contributed by atoms with Gasteiger partial charge in [-0.25, -0.2) is 0 Å². The molecule has 0 saturated carbocycles. The minimum absolute atomic E-state index is 0.0282. The summed E-state index contributed by atoms with van der Waals surface area (Å²) in [5.41, 5.74) is 1.22. The monoisotopic (exact) mass is 270 g/mol. The van der Waals surface area contributed by atoms with E-state index in [1.807, 2.05) is 42.5 Å². The number of rotatable bonds is 7. The number of benzene rings is 1. The summed E-state index contributed by atoms with van der Waals surface area (Å²) < 4.78 is 0. The lowest BCUT2D eigenvalue weighted by Crippen LogP contribution is -2.09. The van der Waals surface area contributed by atoms with Crippen LogP contribution in [-0.2, 0) is 4.79 Å². The third-order valence-corrected chi connectivity index (χ3v) is 3.86. The van der Waals surface area contributed by atoms with E-state index < -0.39 is 0 Å². The smallest absolute Gasteiger partial charge is 0.144 e. The van der Waals surface area contributed by atoms with Crippen molar-refractivity contribution in [1.29, 1.82) is 0 Å². The fourth-order valence-corrected chi connectivity index (χ4v) is 2.63. The van der Waals surface area contributed by atoms with Crippen LogP contribution in [0.2, 0.25) is 0 Å². The molecule has 2 heteroatoms. The maximum atomic E-state index is 11.8. The van der Waals surface area contributed by atoms with Crippen LogP contribution in [0.5, 0.6) is 0 Å². The summed E-state index contributed by atoms with van der Waals surface area (Å²) in [6.07, 6.45) is 12.7. The van der Waals surface area contributed by atoms with Crippen LogP contribution in [0.4, 0.5) is 0 Å². The first kappa shape index (κ1) is 13.9. The SMILES string of the molecule is O=C(CCSC/C=C/c1ccccc1)C1C=CC=C1. The number of allylic oxidation sites excluding steroid dienone is 4. The summed E-state index contributed by atoms with van der Waals surface area (Å²) in [7, 11) is 0. The topological polar surface area (TPSA) is 17.1 Å². The highest BCUT2D eigenvalue weighted by molar-refractivity contribution is 7.99. The van der Waals surface area contributed by atoms with Crippen molar-refractivity contribution in [2.45, 2.75) is 6.42 Å². The Balaban J connectivity index is 1.60. The Labute approximate surface area is 119 Å². The summed E-state index contributed by atoms with van der Waals surface area (Å²) in [6, 6.07) is 10.3. The number of thioether (sulfide) groups is 1. The molecule has 0 heterocycles. The first-order valence-corrected chi connectivity index (χ1v) is 7.69. The fraction of sp³-hybridized carbons (Fsp3) is 0.235. The van der Waals surface area contributed by atoms with Crippen molar-refractivity contribution in [3.8, 4) is 0 Å². The van der Waals surface area contributed by atoms with Crippen molar-refractivity contribution in [1.82, 2.24) is 0 Å². The first-order chi connectivity index (χ1) is 9.36. The summed E-state index contributed by atoms with van der Waals surface area (Å²) in [5.74, 6) is 2.21. The van der Waals surface area contributed by atoms with Crippen LogP contribution >= 0.6 is 11.8 Å². The molecule has 1 aliphatic rings. The lowest BCUT2D eigenvalue weighted by molar-refractivity contribution is -0.119. The molecule has 0 spiro atoms. The van der Waals surface area contributed by atoms with E-state index in [9.17, 15) is 4.79 Å². The summed E-state index contributed by atoms with van der Waals surface area (Å²) in [5, 5.41) is 0. The van der Waals surface area contributed by atoms with Crippen LogP contribution in [0.3, 0.4) is 0 Å². The molecule has 0 atom stereocenters. The van der Waals surface area contributed by atoms with E-state index in [0.29, 0.717) is 12.2 Å². The number of hydrogen-bond acceptors (Lipinski definition) is 2. The van der Waals surface area contributed by atoms with Crippen molar-refractivity contribution < 1.29 is 4.79 Å². The van der Waals surface area contributed by atoms with Crippen LogP contribution in [-0.4, -0.2) is 17.3 Å². The minimum Gasteiger partial charge on any atom is -0.299 e. The van der Waals surface area contributed by atoms with Crippen molar-refractivity contribution in [2.75, 3.05) is 11.5 Å². The summed E-state index contributed by atoms with van der Waals surface area (Å²) >= 11 is 1.80. The molecule has 1 nitrogen and oxygen atoms in total. The zero-order chi connectivity index (χ0) is 13.3. The molecule has 0 saturated heterocycles. The normalized spacial score (nSPS) is 14.5. The third-order valence-electron chi connectivity index (χ3n) is 2.94. The van der Waals surface area contributed by atoms with E-state index in [0.717, 1.165) is 11.5 Å². The highest BCUT2D eigenvalue weighted by Crippen LogP contribution is 2.14. The molecular formula is C17H18OS. The Morgan fingerprint density at radius 3 is 2.63 bits per heavy atom. The number of carbonyl (C=O) groups excluding carboxylic acids is 1. The average Bonchev–Trinajstić information content (AvgIpc) is 2.98. The zero-order valence-corrected chi connectivity index (χ0v) is 11.7. The van der Waals surface area contributed by atoms with Gasteiger partial charge in [0.2, 0.25) is 0 Å². The zero-order valence-electron chi connectivity index (χ0n) is 10.9. The van der Waals surface area contributed by atoms with E-state index in [-0.39, 0.29) is 5.92 Å². The molecule has 1 aromatic carbocycles. The van der Waals surface area contributed by atoms with Gasteiger partial charge in [0.1, 0.15) is 5.78 Å². The van der Waals surface area contributed by atoms with Gasteiger partial charge in [-0.3, -0.25) is 4.79 Å². The first-order valence-electron chi connectivity index (χ1n) is 6.53. The third kappa shape index (κ3) is 4.92. The van der Waals surface area contributed by atoms with E-state index >= 15 is 0 Å². The predicted molar refractivity (Wildman–Crippen MR) is 84.2 cm³/mol. The van der Waals surface area contributed by atoms with E-state index in [4.69, 9.17) is 0 Å². The Kier molecular flexibility index (Phi) is 5.70. The quantitative estimate of drug-likeness (QED) is 0.693. The second kappa shape index (κ2) is 7.80. The van der Waals surface area contributed by atoms with Gasteiger partial charge >= 0.3 is 0 Å². The summed E-state index contributed by atoms with van der Waals surface area (Å²) in [4.78, 5) is 11.8. The van der Waals surface area contributed by atoms with Crippen LogP contribution < -0.4 is 0 Å². The molecule has 0 radical (unpaired) electrons. The molecule has 0 aliphatic heterocycles. The molecule has 19 heavy (non-hydrogen) atoms. The molecule has 0 N–H and O–H groups in total. The van der Waals surface area contributed by atoms with E-state index in [1.54, 1.807) is 11.8 Å². The second-order valence-electron chi connectivity index (χ2n) is 4.40. The van der Waals surface area contributed by atoms with Gasteiger partial charge < -0.3 is 0 Å². The van der Waals surface area contributed by atoms with Crippen LogP contribution in [0.15, 0.2) is 60.7 Å². The standard InChI is InChI=1S/C17H18OS/c18-17(16-10-4-5-11-16)12-14-19-13-6-9-15-7-2-1-3-8-15/h1-11,16H,12-14H2/b9-6+. The molecule has 2 rings (SSSR count). The maximum absolute atomic E-state index is 11.8. The number of hydrogen-bond donors (Lipinski definition) is 0. The molecule has 0 fully saturated rings. The van der Waals surface area contributed by atoms with E-state index in [1.165, 1.54) is 5.56 Å². The van der Waals surface area contributed by atoms with Crippen molar-refractivity contribution in [3.63, 3.8) is 0 Å². The summed E-state index contributed by atoms with van der Waals surface area (Å²) in [6.45, 7) is 0. The Morgan fingerprint density at radius 1 is 1.16 bits per heavy atom. The van der Waals surface area contributed by atoms with Crippen molar-refractivity contribution >= 4 is 23.6 Å². The van der Waals surface area contributed by atoms with Gasteiger partial charge in [-0.2, -0.15) is 11.8 Å². The van der Waals surface area contributed by atoms with Gasteiger partial charge in [-0.1, -0.05) is 66.8 Å². The molecule has 0 amide bonds. The van der Waals surface area contributed by atoms with Gasteiger partial charge in [0, 0.05) is 17.9 Å². The van der Waals surface area contributed by atoms with Gasteiger partial charge in [-0.05, 0) is 5.56 Å².